The molecule has 2 aromatic heterocycles. The molecule has 0 aliphatic rings. The summed E-state index contributed by atoms with van der Waals surface area (Å²) in [6, 6.07) is 16.8. The lowest BCUT2D eigenvalue weighted by Crippen LogP contribution is -2.29. The topological polar surface area (TPSA) is 84.8 Å². The molecule has 4 aromatic rings. The minimum Gasteiger partial charge on any atom is -0.304 e. The van der Waals surface area contributed by atoms with Crippen LogP contribution in [0.5, 0.6) is 0 Å². The summed E-state index contributed by atoms with van der Waals surface area (Å²) in [5.74, 6) is 0. The van der Waals surface area contributed by atoms with Crippen LogP contribution in [-0.2, 0) is 14.6 Å². The second kappa shape index (κ2) is 6.86. The number of rotatable bonds is 4. The largest absolute Gasteiger partial charge is 0.332 e. The summed E-state index contributed by atoms with van der Waals surface area (Å²) in [4.78, 5) is 19.5. The van der Waals surface area contributed by atoms with Crippen LogP contribution in [-0.4, -0.2) is 23.0 Å². The number of aromatic nitrogens is 3. The Morgan fingerprint density at radius 3 is 2.48 bits per heavy atom. The van der Waals surface area contributed by atoms with Gasteiger partial charge in [-0.3, -0.25) is 0 Å². The predicted molar refractivity (Wildman–Crippen MR) is 113 cm³/mol. The van der Waals surface area contributed by atoms with E-state index in [1.54, 1.807) is 56.4 Å². The lowest BCUT2D eigenvalue weighted by molar-refractivity contribution is 0.555. The number of nitrogens with zero attached hydrogens (tertiary/aromatic N) is 2. The summed E-state index contributed by atoms with van der Waals surface area (Å²) in [6.07, 6.45) is 1.55. The number of halogens is 1. The van der Waals surface area contributed by atoms with Gasteiger partial charge in [0.2, 0.25) is 0 Å². The number of H-pyrrole nitrogens is 1. The normalized spacial score (nSPS) is 12.4. The summed E-state index contributed by atoms with van der Waals surface area (Å²) < 4.78 is 27.1. The third-order valence-electron chi connectivity index (χ3n) is 5.05. The average Bonchev–Trinajstić information content (AvgIpc) is 3.04. The Balaban J connectivity index is 1.92. The van der Waals surface area contributed by atoms with Gasteiger partial charge in [0, 0.05) is 6.20 Å². The average molecular weight is 428 g/mol. The molecule has 0 atom stereocenters. The van der Waals surface area contributed by atoms with E-state index >= 15 is 0 Å². The molecule has 0 saturated heterocycles. The van der Waals surface area contributed by atoms with Gasteiger partial charge in [-0.1, -0.05) is 41.9 Å². The second-order valence-electron chi connectivity index (χ2n) is 7.13. The molecular weight excluding hydrogens is 410 g/mol. The van der Waals surface area contributed by atoms with Gasteiger partial charge in [0.05, 0.1) is 25.9 Å². The molecule has 0 aliphatic heterocycles. The number of sulfone groups is 1. The van der Waals surface area contributed by atoms with Gasteiger partial charge in [-0.15, -0.1) is 0 Å². The predicted octanol–water partition coefficient (Wildman–Crippen LogP) is 4.08. The first-order valence-corrected chi connectivity index (χ1v) is 10.8. The van der Waals surface area contributed by atoms with E-state index in [9.17, 15) is 13.2 Å². The number of aromatic amines is 1. The van der Waals surface area contributed by atoms with Crippen molar-refractivity contribution in [3.63, 3.8) is 0 Å². The van der Waals surface area contributed by atoms with E-state index in [2.05, 4.69) is 9.97 Å². The number of nitrogens with one attached hydrogen (secondary N) is 1. The van der Waals surface area contributed by atoms with Crippen LogP contribution in [0, 0.1) is 0 Å². The van der Waals surface area contributed by atoms with Crippen molar-refractivity contribution in [3.8, 4) is 5.69 Å². The number of pyridine rings is 1. The zero-order chi connectivity index (χ0) is 20.8. The fourth-order valence-electron chi connectivity index (χ4n) is 3.28. The van der Waals surface area contributed by atoms with Gasteiger partial charge in [-0.05, 0) is 49.7 Å². The Morgan fingerprint density at radius 1 is 1.03 bits per heavy atom. The molecule has 0 spiro atoms. The molecule has 1 N–H and O–H groups in total. The van der Waals surface area contributed by atoms with Crippen molar-refractivity contribution in [2.45, 2.75) is 23.5 Å². The van der Waals surface area contributed by atoms with Crippen LogP contribution in [0.3, 0.4) is 0 Å². The van der Waals surface area contributed by atoms with Crippen LogP contribution in [0.2, 0.25) is 5.02 Å². The minimum atomic E-state index is -3.79. The van der Waals surface area contributed by atoms with Gasteiger partial charge < -0.3 is 4.98 Å². The van der Waals surface area contributed by atoms with Crippen LogP contribution < -0.4 is 5.69 Å². The van der Waals surface area contributed by atoms with Crippen LogP contribution in [0.25, 0.3) is 16.9 Å². The van der Waals surface area contributed by atoms with E-state index < -0.39 is 20.3 Å². The molecule has 0 bridgehead atoms. The fraction of sp³-hybridized carbons (Fsp3) is 0.143. The first-order chi connectivity index (χ1) is 13.7. The number of imidazole rings is 1. The molecule has 0 amide bonds. The molecular formula is C21H18ClN3O3S. The third kappa shape index (κ3) is 3.07. The number of hydrogen-bond donors (Lipinski definition) is 1. The van der Waals surface area contributed by atoms with Crippen LogP contribution in [0.4, 0.5) is 0 Å². The first kappa shape index (κ1) is 19.4. The molecule has 2 aromatic carbocycles. The van der Waals surface area contributed by atoms with Crippen molar-refractivity contribution in [2.24, 2.45) is 0 Å². The van der Waals surface area contributed by atoms with Crippen LogP contribution in [0.1, 0.15) is 19.4 Å². The highest BCUT2D eigenvalue weighted by atomic mass is 35.5. The van der Waals surface area contributed by atoms with Gasteiger partial charge in [-0.25, -0.2) is 22.8 Å². The standard InChI is InChI=1S/C21H18ClN3O3S/c1-21(2,14-7-4-3-5-8-14)29(27,28)15-10-11-16(22)18(13-15)25-19-17(24-20(25)26)9-6-12-23-19/h3-13H,1-2H3,(H,24,26). The minimum absolute atomic E-state index is 0.0722. The number of hydrogen-bond acceptors (Lipinski definition) is 4. The van der Waals surface area contributed by atoms with Gasteiger partial charge >= 0.3 is 5.69 Å². The molecule has 148 valence electrons. The van der Waals surface area contributed by atoms with E-state index in [0.29, 0.717) is 16.7 Å². The van der Waals surface area contributed by atoms with Gasteiger partial charge in [0.1, 0.15) is 0 Å². The van der Waals surface area contributed by atoms with Crippen molar-refractivity contribution in [1.82, 2.24) is 14.5 Å². The third-order valence-corrected chi connectivity index (χ3v) is 7.83. The zero-order valence-corrected chi connectivity index (χ0v) is 17.3. The molecule has 29 heavy (non-hydrogen) atoms. The Kier molecular flexibility index (Phi) is 4.59. The van der Waals surface area contributed by atoms with Gasteiger partial charge in [0.25, 0.3) is 0 Å². The summed E-state index contributed by atoms with van der Waals surface area (Å²) in [7, 11) is -3.79. The highest BCUT2D eigenvalue weighted by Gasteiger charge is 2.37. The Bertz CT molecular complexity index is 1370. The lowest BCUT2D eigenvalue weighted by Gasteiger charge is -2.26. The van der Waals surface area contributed by atoms with E-state index in [-0.39, 0.29) is 15.6 Å². The van der Waals surface area contributed by atoms with E-state index in [4.69, 9.17) is 11.6 Å². The smallest absolute Gasteiger partial charge is 0.304 e. The molecule has 6 nitrogen and oxygen atoms in total. The fourth-order valence-corrected chi connectivity index (χ4v) is 5.04. The molecule has 8 heteroatoms. The van der Waals surface area contributed by atoms with Crippen molar-refractivity contribution < 1.29 is 8.42 Å². The molecule has 0 fully saturated rings. The van der Waals surface area contributed by atoms with Crippen molar-refractivity contribution in [1.29, 1.82) is 0 Å². The number of benzene rings is 2. The maximum absolute atomic E-state index is 13.5. The summed E-state index contributed by atoms with van der Waals surface area (Å²) in [6.45, 7) is 3.32. The van der Waals surface area contributed by atoms with Gasteiger partial charge in [-0.2, -0.15) is 0 Å². The van der Waals surface area contributed by atoms with E-state index in [0.717, 1.165) is 0 Å². The quantitative estimate of drug-likeness (QED) is 0.531. The lowest BCUT2D eigenvalue weighted by atomic mass is 10.0. The van der Waals surface area contributed by atoms with Crippen molar-refractivity contribution in [3.05, 3.63) is 87.9 Å². The summed E-state index contributed by atoms with van der Waals surface area (Å²) in [5.41, 5.74) is 1.38. The Hall–Kier alpha value is -2.90. The van der Waals surface area contributed by atoms with Gasteiger partial charge in [0.15, 0.2) is 15.5 Å². The van der Waals surface area contributed by atoms with E-state index in [1.807, 2.05) is 6.07 Å². The molecule has 0 unspecified atom stereocenters. The van der Waals surface area contributed by atoms with E-state index in [1.165, 1.54) is 22.8 Å². The molecule has 4 rings (SSSR count). The molecule has 0 saturated carbocycles. The summed E-state index contributed by atoms with van der Waals surface area (Å²) in [5, 5.41) is 0.245. The second-order valence-corrected chi connectivity index (χ2v) is 10.0. The van der Waals surface area contributed by atoms with Crippen LogP contribution in [0.15, 0.2) is 76.6 Å². The molecule has 2 heterocycles. The molecule has 0 aliphatic carbocycles. The SMILES string of the molecule is CC(C)(c1ccccc1)S(=O)(=O)c1ccc(Cl)c(-n2c(=O)[nH]c3cccnc32)c1. The Morgan fingerprint density at radius 2 is 1.76 bits per heavy atom. The highest BCUT2D eigenvalue weighted by molar-refractivity contribution is 7.92. The first-order valence-electron chi connectivity index (χ1n) is 8.89. The number of fused-ring (bicyclic) bond motifs is 1. The Labute approximate surface area is 172 Å². The van der Waals surface area contributed by atoms with Crippen LogP contribution >= 0.6 is 11.6 Å². The maximum atomic E-state index is 13.5. The maximum Gasteiger partial charge on any atom is 0.332 e. The monoisotopic (exact) mass is 427 g/mol. The highest BCUT2D eigenvalue weighted by Crippen LogP contribution is 2.36. The zero-order valence-electron chi connectivity index (χ0n) is 15.8. The van der Waals surface area contributed by atoms with Crippen molar-refractivity contribution in [2.75, 3.05) is 0 Å². The van der Waals surface area contributed by atoms with Crippen molar-refractivity contribution >= 4 is 32.6 Å². The molecule has 0 radical (unpaired) electrons. The summed E-state index contributed by atoms with van der Waals surface area (Å²) >= 11 is 6.35.